The minimum absolute atomic E-state index is 0.0478. The molecule has 0 aliphatic rings. The van der Waals surface area contributed by atoms with Crippen molar-refractivity contribution in [2.75, 3.05) is 5.73 Å². The van der Waals surface area contributed by atoms with Gasteiger partial charge in [0.15, 0.2) is 0 Å². The Balaban J connectivity index is 2.97. The molecule has 0 fully saturated rings. The molecule has 0 unspecified atom stereocenters. The Kier molecular flexibility index (Phi) is 2.85. The van der Waals surface area contributed by atoms with Crippen LogP contribution in [0.25, 0.3) is 0 Å². The summed E-state index contributed by atoms with van der Waals surface area (Å²) in [5, 5.41) is 8.45. The fourth-order valence-corrected chi connectivity index (χ4v) is 1.16. The number of nitrogens with two attached hydrogens (primary N) is 1. The summed E-state index contributed by atoms with van der Waals surface area (Å²) in [5.41, 5.74) is 5.79. The van der Waals surface area contributed by atoms with Gasteiger partial charge in [-0.05, 0) is 13.3 Å². The lowest BCUT2D eigenvalue weighted by Crippen LogP contribution is -2.19. The molecule has 76 valence electrons. The predicted molar refractivity (Wildman–Crippen MR) is 50.0 cm³/mol. The summed E-state index contributed by atoms with van der Waals surface area (Å²) >= 11 is 0. The number of aromatic nitrogens is 2. The van der Waals surface area contributed by atoms with Crippen LogP contribution in [0.2, 0.25) is 0 Å². The lowest BCUT2D eigenvalue weighted by Gasteiger charge is -2.02. The van der Waals surface area contributed by atoms with Crippen molar-refractivity contribution in [3.63, 3.8) is 0 Å². The van der Waals surface area contributed by atoms with Crippen molar-refractivity contribution in [1.29, 1.82) is 0 Å². The highest BCUT2D eigenvalue weighted by atomic mass is 16.4. The second-order valence-corrected chi connectivity index (χ2v) is 2.91. The minimum Gasteiger partial charge on any atom is -0.481 e. The smallest absolute Gasteiger partial charge is 0.303 e. The average molecular weight is 197 g/mol. The summed E-state index contributed by atoms with van der Waals surface area (Å²) in [7, 11) is 0. The van der Waals surface area contributed by atoms with E-state index in [4.69, 9.17) is 10.8 Å². The summed E-state index contributed by atoms with van der Waals surface area (Å²) in [5.74, 6) is -0.896. The number of carboxylic acid groups (broad SMARTS) is 1. The first-order valence-electron chi connectivity index (χ1n) is 4.07. The van der Waals surface area contributed by atoms with E-state index in [2.05, 4.69) is 9.97 Å². The normalized spacial score (nSPS) is 10.1. The van der Waals surface area contributed by atoms with Gasteiger partial charge >= 0.3 is 5.97 Å². The Morgan fingerprint density at radius 1 is 1.64 bits per heavy atom. The molecule has 0 atom stereocenters. The van der Waals surface area contributed by atoms with Crippen LogP contribution in [-0.2, 0) is 11.2 Å². The maximum atomic E-state index is 11.3. The molecule has 0 bridgehead atoms. The zero-order valence-corrected chi connectivity index (χ0v) is 7.70. The standard InChI is InChI=1S/C8H11N3O3/c1-4-5(2-3-6(12)13)7(14)11-8(9)10-4/h2-3H2,1H3,(H,12,13)(H3,9,10,11,14). The first kappa shape index (κ1) is 10.2. The van der Waals surface area contributed by atoms with Gasteiger partial charge in [0.25, 0.3) is 5.56 Å². The van der Waals surface area contributed by atoms with E-state index in [1.54, 1.807) is 6.92 Å². The van der Waals surface area contributed by atoms with Crippen molar-refractivity contribution in [3.8, 4) is 0 Å². The lowest BCUT2D eigenvalue weighted by molar-refractivity contribution is -0.136. The molecular formula is C8H11N3O3. The SMILES string of the molecule is Cc1nc(N)[nH]c(=O)c1CCC(=O)O. The van der Waals surface area contributed by atoms with Crippen LogP contribution in [0.4, 0.5) is 5.95 Å². The molecule has 6 nitrogen and oxygen atoms in total. The predicted octanol–water partition coefficient (Wildman–Crippen LogP) is -0.322. The molecule has 0 radical (unpaired) electrons. The molecule has 1 heterocycles. The summed E-state index contributed by atoms with van der Waals surface area (Å²) in [4.78, 5) is 27.8. The Hall–Kier alpha value is -1.85. The Labute approximate surface area is 79.8 Å². The molecule has 1 rings (SSSR count). The van der Waals surface area contributed by atoms with Crippen molar-refractivity contribution in [2.24, 2.45) is 0 Å². The van der Waals surface area contributed by atoms with E-state index in [0.717, 1.165) is 0 Å². The van der Waals surface area contributed by atoms with Gasteiger partial charge in [0, 0.05) is 17.7 Å². The number of nitrogens with zero attached hydrogens (tertiary/aromatic N) is 1. The van der Waals surface area contributed by atoms with Crippen LogP contribution in [0, 0.1) is 6.92 Å². The molecule has 1 aromatic rings. The number of aliphatic carboxylic acids is 1. The van der Waals surface area contributed by atoms with Gasteiger partial charge in [-0.1, -0.05) is 0 Å². The van der Waals surface area contributed by atoms with Gasteiger partial charge in [-0.3, -0.25) is 14.6 Å². The molecule has 6 heteroatoms. The number of nitrogen functional groups attached to an aromatic ring is 1. The van der Waals surface area contributed by atoms with Crippen molar-refractivity contribution < 1.29 is 9.90 Å². The van der Waals surface area contributed by atoms with Crippen LogP contribution in [0.1, 0.15) is 17.7 Å². The molecule has 0 amide bonds. The molecular weight excluding hydrogens is 186 g/mol. The number of aromatic amines is 1. The lowest BCUT2D eigenvalue weighted by atomic mass is 10.1. The molecule has 0 spiro atoms. The van der Waals surface area contributed by atoms with Crippen LogP contribution in [-0.4, -0.2) is 21.0 Å². The number of H-pyrrole nitrogens is 1. The highest BCUT2D eigenvalue weighted by Crippen LogP contribution is 2.02. The third kappa shape index (κ3) is 2.32. The van der Waals surface area contributed by atoms with Crippen LogP contribution < -0.4 is 11.3 Å². The zero-order chi connectivity index (χ0) is 10.7. The van der Waals surface area contributed by atoms with Crippen molar-refractivity contribution >= 4 is 11.9 Å². The first-order valence-corrected chi connectivity index (χ1v) is 4.07. The number of aryl methyl sites for hydroxylation is 1. The topological polar surface area (TPSA) is 109 Å². The number of carbonyl (C=O) groups is 1. The Bertz CT molecular complexity index is 411. The van der Waals surface area contributed by atoms with Gasteiger partial charge < -0.3 is 10.8 Å². The maximum Gasteiger partial charge on any atom is 0.303 e. The molecule has 0 aliphatic carbocycles. The Morgan fingerprint density at radius 3 is 2.79 bits per heavy atom. The van der Waals surface area contributed by atoms with E-state index in [9.17, 15) is 9.59 Å². The Morgan fingerprint density at radius 2 is 2.29 bits per heavy atom. The van der Waals surface area contributed by atoms with Gasteiger partial charge in [-0.25, -0.2) is 4.98 Å². The third-order valence-electron chi connectivity index (χ3n) is 1.83. The zero-order valence-electron chi connectivity index (χ0n) is 7.70. The highest BCUT2D eigenvalue weighted by Gasteiger charge is 2.08. The summed E-state index contributed by atoms with van der Waals surface area (Å²) in [6, 6.07) is 0. The molecule has 1 aromatic heterocycles. The van der Waals surface area contributed by atoms with Gasteiger partial charge in [-0.15, -0.1) is 0 Å². The molecule has 14 heavy (non-hydrogen) atoms. The average Bonchev–Trinajstić information content (AvgIpc) is 2.01. The number of anilines is 1. The second kappa shape index (κ2) is 3.91. The van der Waals surface area contributed by atoms with Crippen LogP contribution in [0.3, 0.4) is 0 Å². The molecule has 0 aliphatic heterocycles. The minimum atomic E-state index is -0.944. The molecule has 4 N–H and O–H groups in total. The van der Waals surface area contributed by atoms with Crippen LogP contribution >= 0.6 is 0 Å². The quantitative estimate of drug-likeness (QED) is 0.615. The highest BCUT2D eigenvalue weighted by molar-refractivity contribution is 5.67. The van der Waals surface area contributed by atoms with Gasteiger partial charge in [0.1, 0.15) is 0 Å². The largest absolute Gasteiger partial charge is 0.481 e. The number of carboxylic acids is 1. The second-order valence-electron chi connectivity index (χ2n) is 2.91. The number of rotatable bonds is 3. The first-order chi connectivity index (χ1) is 6.50. The van der Waals surface area contributed by atoms with E-state index >= 15 is 0 Å². The van der Waals surface area contributed by atoms with Crippen molar-refractivity contribution in [2.45, 2.75) is 19.8 Å². The van der Waals surface area contributed by atoms with Crippen LogP contribution in [0.15, 0.2) is 4.79 Å². The molecule has 0 saturated carbocycles. The number of nitrogens with one attached hydrogen (secondary N) is 1. The van der Waals surface area contributed by atoms with Gasteiger partial charge in [0.05, 0.1) is 0 Å². The van der Waals surface area contributed by atoms with Gasteiger partial charge in [0.2, 0.25) is 5.95 Å². The fourth-order valence-electron chi connectivity index (χ4n) is 1.16. The van der Waals surface area contributed by atoms with Crippen molar-refractivity contribution in [3.05, 3.63) is 21.6 Å². The van der Waals surface area contributed by atoms with E-state index in [0.29, 0.717) is 11.3 Å². The van der Waals surface area contributed by atoms with E-state index in [1.165, 1.54) is 0 Å². The van der Waals surface area contributed by atoms with Crippen molar-refractivity contribution in [1.82, 2.24) is 9.97 Å². The summed E-state index contributed by atoms with van der Waals surface area (Å²) < 4.78 is 0. The summed E-state index contributed by atoms with van der Waals surface area (Å²) in [6.45, 7) is 1.63. The molecule has 0 saturated heterocycles. The maximum absolute atomic E-state index is 11.3. The van der Waals surface area contributed by atoms with E-state index in [1.807, 2.05) is 0 Å². The van der Waals surface area contributed by atoms with Crippen LogP contribution in [0.5, 0.6) is 0 Å². The molecule has 0 aromatic carbocycles. The third-order valence-corrected chi connectivity index (χ3v) is 1.83. The monoisotopic (exact) mass is 197 g/mol. The summed E-state index contributed by atoms with van der Waals surface area (Å²) in [6.07, 6.45) is 0.0826. The number of hydrogen-bond acceptors (Lipinski definition) is 4. The van der Waals surface area contributed by atoms with E-state index in [-0.39, 0.29) is 24.3 Å². The van der Waals surface area contributed by atoms with E-state index < -0.39 is 5.97 Å². The number of hydrogen-bond donors (Lipinski definition) is 3. The fraction of sp³-hybridized carbons (Fsp3) is 0.375. The van der Waals surface area contributed by atoms with Gasteiger partial charge in [-0.2, -0.15) is 0 Å².